The Kier molecular flexibility index (Phi) is 3.00. The largest absolute Gasteiger partial charge is 0.348 e. The molecule has 1 aromatic heterocycles. The number of carbonyl (C=O) groups is 2. The van der Waals surface area contributed by atoms with Crippen molar-refractivity contribution in [3.05, 3.63) is 50.7 Å². The fourth-order valence-electron chi connectivity index (χ4n) is 1.99. The molecule has 2 amide bonds. The normalized spacial score (nSPS) is 13.0. The zero-order chi connectivity index (χ0) is 13.4. The predicted octanol–water partition coefficient (Wildman–Crippen LogP) is 2.90. The summed E-state index contributed by atoms with van der Waals surface area (Å²) < 4.78 is 0.570. The Balaban J connectivity index is 1.89. The number of hydrogen-bond donors (Lipinski definition) is 2. The fraction of sp³-hybridized carbons (Fsp3) is 0.0769. The van der Waals surface area contributed by atoms with E-state index >= 15 is 0 Å². The van der Waals surface area contributed by atoms with Crippen molar-refractivity contribution in [1.82, 2.24) is 5.32 Å². The fourth-order valence-corrected chi connectivity index (χ4v) is 2.93. The molecule has 0 atom stereocenters. The lowest BCUT2D eigenvalue weighted by molar-refractivity contribution is 0.0964. The summed E-state index contributed by atoms with van der Waals surface area (Å²) in [6, 6.07) is 8.64. The number of halogens is 1. The second-order valence-corrected chi connectivity index (χ2v) is 5.79. The highest BCUT2D eigenvalue weighted by atomic mass is 35.5. The number of hydrogen-bond acceptors (Lipinski definition) is 3. The van der Waals surface area contributed by atoms with Crippen molar-refractivity contribution in [2.45, 2.75) is 6.54 Å². The topological polar surface area (TPSA) is 58.2 Å². The molecule has 19 heavy (non-hydrogen) atoms. The number of fused-ring (bicyclic) bond motifs is 1. The highest BCUT2D eigenvalue weighted by Gasteiger charge is 2.22. The van der Waals surface area contributed by atoms with Crippen LogP contribution in [0.4, 0.5) is 5.69 Å². The summed E-state index contributed by atoms with van der Waals surface area (Å²) in [4.78, 5) is 24.1. The molecule has 3 rings (SSSR count). The van der Waals surface area contributed by atoms with E-state index in [0.29, 0.717) is 27.0 Å². The molecule has 0 bridgehead atoms. The number of amides is 2. The van der Waals surface area contributed by atoms with Crippen LogP contribution in [0.2, 0.25) is 4.34 Å². The molecule has 2 heterocycles. The molecule has 0 radical (unpaired) electrons. The molecule has 0 spiro atoms. The zero-order valence-corrected chi connectivity index (χ0v) is 11.3. The van der Waals surface area contributed by atoms with Crippen molar-refractivity contribution in [3.8, 4) is 0 Å². The Morgan fingerprint density at radius 2 is 2.16 bits per heavy atom. The molecule has 1 aliphatic rings. The summed E-state index contributed by atoms with van der Waals surface area (Å²) in [5.41, 5.74) is 2.09. The van der Waals surface area contributed by atoms with Gasteiger partial charge in [-0.15, -0.1) is 11.3 Å². The molecule has 4 nitrogen and oxygen atoms in total. The Bertz CT molecular complexity index is 681. The van der Waals surface area contributed by atoms with Crippen LogP contribution in [-0.4, -0.2) is 11.8 Å². The summed E-state index contributed by atoms with van der Waals surface area (Å²) in [5.74, 6) is -0.324. The zero-order valence-electron chi connectivity index (χ0n) is 9.70. The third-order valence-electron chi connectivity index (χ3n) is 2.89. The van der Waals surface area contributed by atoms with Gasteiger partial charge in [-0.05, 0) is 24.3 Å². The van der Waals surface area contributed by atoms with Crippen LogP contribution in [0.15, 0.2) is 30.3 Å². The van der Waals surface area contributed by atoms with Gasteiger partial charge >= 0.3 is 0 Å². The maximum absolute atomic E-state index is 12.0. The van der Waals surface area contributed by atoms with Crippen molar-refractivity contribution in [3.63, 3.8) is 0 Å². The molecule has 0 unspecified atom stereocenters. The maximum Gasteiger partial charge on any atom is 0.265 e. The lowest BCUT2D eigenvalue weighted by Gasteiger charge is -2.07. The summed E-state index contributed by atoms with van der Waals surface area (Å²) in [6.07, 6.45) is 0. The minimum atomic E-state index is -0.218. The predicted molar refractivity (Wildman–Crippen MR) is 74.9 cm³/mol. The molecule has 0 fully saturated rings. The van der Waals surface area contributed by atoms with E-state index in [4.69, 9.17) is 11.6 Å². The van der Waals surface area contributed by atoms with Crippen LogP contribution in [-0.2, 0) is 6.54 Å². The minimum absolute atomic E-state index is 0.106. The van der Waals surface area contributed by atoms with Crippen molar-refractivity contribution >= 4 is 40.4 Å². The third-order valence-corrected chi connectivity index (χ3v) is 4.12. The van der Waals surface area contributed by atoms with E-state index in [1.54, 1.807) is 30.3 Å². The summed E-state index contributed by atoms with van der Waals surface area (Å²) in [6.45, 7) is 0.440. The van der Waals surface area contributed by atoms with Crippen LogP contribution in [0.5, 0.6) is 0 Å². The van der Waals surface area contributed by atoms with Gasteiger partial charge in [-0.3, -0.25) is 9.59 Å². The van der Waals surface area contributed by atoms with Gasteiger partial charge in [-0.25, -0.2) is 0 Å². The van der Waals surface area contributed by atoms with Crippen molar-refractivity contribution < 1.29 is 9.59 Å². The SMILES string of the molecule is O=C(Nc1cccc2c1CNC2=O)c1ccc(Cl)s1. The quantitative estimate of drug-likeness (QED) is 0.894. The molecule has 96 valence electrons. The second-order valence-electron chi connectivity index (χ2n) is 4.07. The average Bonchev–Trinajstić information content (AvgIpc) is 2.98. The first-order valence-electron chi connectivity index (χ1n) is 5.62. The summed E-state index contributed by atoms with van der Waals surface area (Å²) in [7, 11) is 0. The lowest BCUT2D eigenvalue weighted by Crippen LogP contribution is -2.12. The molecule has 0 saturated heterocycles. The van der Waals surface area contributed by atoms with Gasteiger partial charge in [0.25, 0.3) is 11.8 Å². The van der Waals surface area contributed by atoms with E-state index in [9.17, 15) is 9.59 Å². The smallest absolute Gasteiger partial charge is 0.265 e. The van der Waals surface area contributed by atoms with Gasteiger partial charge < -0.3 is 10.6 Å². The molecular weight excluding hydrogens is 284 g/mol. The first-order valence-corrected chi connectivity index (χ1v) is 6.81. The van der Waals surface area contributed by atoms with Gasteiger partial charge in [0, 0.05) is 23.4 Å². The Morgan fingerprint density at radius 1 is 1.32 bits per heavy atom. The van der Waals surface area contributed by atoms with Crippen LogP contribution >= 0.6 is 22.9 Å². The first-order chi connectivity index (χ1) is 9.15. The van der Waals surface area contributed by atoms with Gasteiger partial charge in [0.15, 0.2) is 0 Å². The Labute approximate surface area is 118 Å². The maximum atomic E-state index is 12.0. The van der Waals surface area contributed by atoms with Crippen LogP contribution in [0.1, 0.15) is 25.6 Å². The van der Waals surface area contributed by atoms with E-state index < -0.39 is 0 Å². The highest BCUT2D eigenvalue weighted by molar-refractivity contribution is 7.18. The molecule has 2 aromatic rings. The molecular formula is C13H9ClN2O2S. The average molecular weight is 293 g/mol. The minimum Gasteiger partial charge on any atom is -0.348 e. The summed E-state index contributed by atoms with van der Waals surface area (Å²) in [5, 5.41) is 5.55. The Morgan fingerprint density at radius 3 is 2.89 bits per heavy atom. The van der Waals surface area contributed by atoms with E-state index in [0.717, 1.165) is 5.56 Å². The van der Waals surface area contributed by atoms with Gasteiger partial charge in [0.05, 0.1) is 9.21 Å². The number of rotatable bonds is 2. The van der Waals surface area contributed by atoms with Gasteiger partial charge in [-0.2, -0.15) is 0 Å². The number of nitrogens with one attached hydrogen (secondary N) is 2. The Hall–Kier alpha value is -1.85. The molecule has 0 aliphatic carbocycles. The van der Waals surface area contributed by atoms with E-state index in [1.165, 1.54) is 11.3 Å². The van der Waals surface area contributed by atoms with Crippen LogP contribution in [0.25, 0.3) is 0 Å². The van der Waals surface area contributed by atoms with Gasteiger partial charge in [0.1, 0.15) is 0 Å². The molecule has 0 saturated carbocycles. The van der Waals surface area contributed by atoms with Crippen LogP contribution in [0.3, 0.4) is 0 Å². The van der Waals surface area contributed by atoms with Gasteiger partial charge in [0.2, 0.25) is 0 Å². The van der Waals surface area contributed by atoms with Crippen molar-refractivity contribution in [2.75, 3.05) is 5.32 Å². The van der Waals surface area contributed by atoms with Gasteiger partial charge in [-0.1, -0.05) is 17.7 Å². The third kappa shape index (κ3) is 2.22. The monoisotopic (exact) mass is 292 g/mol. The van der Waals surface area contributed by atoms with E-state index in [2.05, 4.69) is 10.6 Å². The number of benzene rings is 1. The standard InChI is InChI=1S/C13H9ClN2O2S/c14-11-5-4-10(19-11)13(18)16-9-3-1-2-7-8(9)6-15-12(7)17/h1-5H,6H2,(H,15,17)(H,16,18). The summed E-state index contributed by atoms with van der Waals surface area (Å²) >= 11 is 7.02. The van der Waals surface area contributed by atoms with E-state index in [1.807, 2.05) is 0 Å². The molecule has 2 N–H and O–H groups in total. The van der Waals surface area contributed by atoms with Crippen molar-refractivity contribution in [1.29, 1.82) is 0 Å². The molecule has 1 aliphatic heterocycles. The molecule has 1 aromatic carbocycles. The van der Waals surface area contributed by atoms with E-state index in [-0.39, 0.29) is 11.8 Å². The number of anilines is 1. The second kappa shape index (κ2) is 4.68. The lowest BCUT2D eigenvalue weighted by atomic mass is 10.1. The van der Waals surface area contributed by atoms with Crippen molar-refractivity contribution in [2.24, 2.45) is 0 Å². The number of carbonyl (C=O) groups excluding carboxylic acids is 2. The van der Waals surface area contributed by atoms with Crippen LogP contribution < -0.4 is 10.6 Å². The van der Waals surface area contributed by atoms with Crippen LogP contribution in [0, 0.1) is 0 Å². The molecule has 6 heteroatoms. The first kappa shape index (κ1) is 12.2. The number of thiophene rings is 1. The highest BCUT2D eigenvalue weighted by Crippen LogP contribution is 2.26.